The maximum absolute atomic E-state index is 2.42. The Balaban J connectivity index is 4.83. The summed E-state index contributed by atoms with van der Waals surface area (Å²) in [6.45, 7) is 16.7. The van der Waals surface area contributed by atoms with E-state index in [0.29, 0.717) is 0 Å². The number of hydrogen-bond acceptors (Lipinski definition) is 0. The summed E-state index contributed by atoms with van der Waals surface area (Å²) in [6, 6.07) is 1.68. The van der Waals surface area contributed by atoms with Crippen molar-refractivity contribution in [1.29, 1.82) is 0 Å². The molecule has 14 heavy (non-hydrogen) atoms. The fourth-order valence-electron chi connectivity index (χ4n) is 3.10. The highest BCUT2D eigenvalue weighted by Gasteiger charge is 2.35. The van der Waals surface area contributed by atoms with Crippen LogP contribution in [0, 0.1) is 0 Å². The molecule has 0 bridgehead atoms. The summed E-state index contributed by atoms with van der Waals surface area (Å²) in [5.41, 5.74) is 0. The number of nitrogens with zero attached hydrogens (tertiary/aromatic N) is 1. The van der Waals surface area contributed by atoms with Crippen LogP contribution >= 0.6 is 0 Å². The molecule has 0 spiro atoms. The van der Waals surface area contributed by atoms with Crippen molar-refractivity contribution >= 4 is 0 Å². The van der Waals surface area contributed by atoms with Gasteiger partial charge < -0.3 is 4.48 Å². The van der Waals surface area contributed by atoms with Crippen molar-refractivity contribution in [1.82, 2.24) is 0 Å². The smallest absolute Gasteiger partial charge is 0.0886 e. The normalized spacial score (nSPS) is 14.8. The Labute approximate surface area is 91.1 Å². The Bertz CT molecular complexity index is 134. The van der Waals surface area contributed by atoms with E-state index in [-0.39, 0.29) is 0 Å². The van der Waals surface area contributed by atoms with Crippen LogP contribution in [-0.4, -0.2) is 29.7 Å². The van der Waals surface area contributed by atoms with E-state index in [0.717, 1.165) is 12.1 Å². The van der Waals surface area contributed by atoms with Crippen molar-refractivity contribution in [2.45, 2.75) is 72.9 Å². The van der Waals surface area contributed by atoms with Gasteiger partial charge in [-0.1, -0.05) is 20.8 Å². The summed E-state index contributed by atoms with van der Waals surface area (Å²) in [7, 11) is 0. The lowest BCUT2D eigenvalue weighted by molar-refractivity contribution is -0.969. The summed E-state index contributed by atoms with van der Waals surface area (Å²) in [5, 5.41) is 0. The molecule has 0 aromatic carbocycles. The predicted molar refractivity (Wildman–Crippen MR) is 65.5 cm³/mol. The Morgan fingerprint density at radius 3 is 1.43 bits per heavy atom. The first-order chi connectivity index (χ1) is 6.62. The molecule has 0 rings (SSSR count). The second-order valence-electron chi connectivity index (χ2n) is 4.46. The minimum Gasteiger partial charge on any atom is -0.319 e. The van der Waals surface area contributed by atoms with Crippen molar-refractivity contribution < 1.29 is 4.48 Å². The Hall–Kier alpha value is -0.0400. The molecule has 0 amide bonds. The summed E-state index contributed by atoms with van der Waals surface area (Å²) in [6.07, 6.45) is 3.95. The third kappa shape index (κ3) is 2.50. The zero-order valence-electron chi connectivity index (χ0n) is 11.1. The highest BCUT2D eigenvalue weighted by molar-refractivity contribution is 4.61. The van der Waals surface area contributed by atoms with Gasteiger partial charge in [0.25, 0.3) is 0 Å². The zero-order valence-corrected chi connectivity index (χ0v) is 11.1. The van der Waals surface area contributed by atoms with Crippen LogP contribution in [0.5, 0.6) is 0 Å². The zero-order chi connectivity index (χ0) is 11.2. The molecule has 0 saturated heterocycles. The van der Waals surface area contributed by atoms with Gasteiger partial charge in [-0.15, -0.1) is 0 Å². The second-order valence-corrected chi connectivity index (χ2v) is 4.46. The molecule has 0 fully saturated rings. The van der Waals surface area contributed by atoms with Gasteiger partial charge in [-0.3, -0.25) is 0 Å². The molecule has 0 aliphatic rings. The SMILES string of the molecule is CCC(C)[N+](CC)(CC)C(CC)CC. The molecule has 0 aromatic rings. The monoisotopic (exact) mass is 200 g/mol. The van der Waals surface area contributed by atoms with Crippen LogP contribution in [-0.2, 0) is 0 Å². The lowest BCUT2D eigenvalue weighted by Crippen LogP contribution is -2.59. The highest BCUT2D eigenvalue weighted by atomic mass is 15.4. The Morgan fingerprint density at radius 1 is 0.786 bits per heavy atom. The van der Waals surface area contributed by atoms with Gasteiger partial charge in [0, 0.05) is 0 Å². The van der Waals surface area contributed by atoms with Gasteiger partial charge in [-0.25, -0.2) is 0 Å². The van der Waals surface area contributed by atoms with Gasteiger partial charge in [-0.2, -0.15) is 0 Å². The maximum atomic E-state index is 2.42. The third-order valence-electron chi connectivity index (χ3n) is 4.32. The molecule has 0 aliphatic heterocycles. The van der Waals surface area contributed by atoms with Crippen molar-refractivity contribution in [2.24, 2.45) is 0 Å². The minimum atomic E-state index is 0.815. The topological polar surface area (TPSA) is 0 Å². The van der Waals surface area contributed by atoms with E-state index < -0.39 is 0 Å². The average molecular weight is 200 g/mol. The summed E-state index contributed by atoms with van der Waals surface area (Å²) >= 11 is 0. The average Bonchev–Trinajstić information content (AvgIpc) is 2.25. The fourth-order valence-corrected chi connectivity index (χ4v) is 3.10. The summed E-state index contributed by atoms with van der Waals surface area (Å²) in [4.78, 5) is 0. The Kier molecular flexibility index (Phi) is 6.43. The Morgan fingerprint density at radius 2 is 1.21 bits per heavy atom. The summed E-state index contributed by atoms with van der Waals surface area (Å²) < 4.78 is 1.32. The molecule has 1 atom stereocenters. The van der Waals surface area contributed by atoms with Gasteiger partial charge >= 0.3 is 0 Å². The van der Waals surface area contributed by atoms with E-state index in [1.807, 2.05) is 0 Å². The van der Waals surface area contributed by atoms with E-state index in [1.54, 1.807) is 0 Å². The van der Waals surface area contributed by atoms with Crippen molar-refractivity contribution in [3.63, 3.8) is 0 Å². The summed E-state index contributed by atoms with van der Waals surface area (Å²) in [5.74, 6) is 0. The van der Waals surface area contributed by atoms with Crippen LogP contribution in [0.2, 0.25) is 0 Å². The predicted octanol–water partition coefficient (Wildman–Crippen LogP) is 3.83. The molecule has 0 saturated carbocycles. The molecule has 86 valence electrons. The number of quaternary nitrogens is 1. The molecule has 0 radical (unpaired) electrons. The van der Waals surface area contributed by atoms with E-state index in [2.05, 4.69) is 41.5 Å². The molecule has 1 heteroatoms. The largest absolute Gasteiger partial charge is 0.319 e. The van der Waals surface area contributed by atoms with Crippen LogP contribution in [0.3, 0.4) is 0 Å². The van der Waals surface area contributed by atoms with Crippen LogP contribution < -0.4 is 0 Å². The quantitative estimate of drug-likeness (QED) is 0.548. The van der Waals surface area contributed by atoms with Crippen LogP contribution in [0.25, 0.3) is 0 Å². The van der Waals surface area contributed by atoms with Gasteiger partial charge in [-0.05, 0) is 40.0 Å². The highest BCUT2D eigenvalue weighted by Crippen LogP contribution is 2.25. The van der Waals surface area contributed by atoms with E-state index >= 15 is 0 Å². The van der Waals surface area contributed by atoms with Crippen molar-refractivity contribution in [2.75, 3.05) is 13.1 Å². The van der Waals surface area contributed by atoms with Crippen LogP contribution in [0.4, 0.5) is 0 Å². The van der Waals surface area contributed by atoms with Crippen LogP contribution in [0.1, 0.15) is 60.8 Å². The van der Waals surface area contributed by atoms with Crippen molar-refractivity contribution in [3.8, 4) is 0 Å². The van der Waals surface area contributed by atoms with E-state index in [9.17, 15) is 0 Å². The maximum Gasteiger partial charge on any atom is 0.0886 e. The molecule has 1 unspecified atom stereocenters. The minimum absolute atomic E-state index is 0.815. The number of rotatable bonds is 7. The molecule has 0 N–H and O–H groups in total. The first-order valence-electron chi connectivity index (χ1n) is 6.49. The molecule has 1 nitrogen and oxygen atoms in total. The van der Waals surface area contributed by atoms with Gasteiger partial charge in [0.1, 0.15) is 0 Å². The van der Waals surface area contributed by atoms with Crippen molar-refractivity contribution in [3.05, 3.63) is 0 Å². The standard InChI is InChI=1S/C13H30N/c1-7-12(6)14(10-4,11-5)13(8-2)9-3/h12-13H,7-11H2,1-6H3/q+1. The van der Waals surface area contributed by atoms with E-state index in [4.69, 9.17) is 0 Å². The lowest BCUT2D eigenvalue weighted by atomic mass is 10.0. The fraction of sp³-hybridized carbons (Fsp3) is 1.00. The van der Waals surface area contributed by atoms with Gasteiger partial charge in [0.2, 0.25) is 0 Å². The first kappa shape index (κ1) is 14.0. The second kappa shape index (κ2) is 6.44. The first-order valence-corrected chi connectivity index (χ1v) is 6.49. The van der Waals surface area contributed by atoms with Gasteiger partial charge in [0.15, 0.2) is 0 Å². The molecular weight excluding hydrogens is 170 g/mol. The molecule has 0 aromatic heterocycles. The number of hydrogen-bond donors (Lipinski definition) is 0. The molecule has 0 heterocycles. The third-order valence-corrected chi connectivity index (χ3v) is 4.32. The van der Waals surface area contributed by atoms with E-state index in [1.165, 1.54) is 36.8 Å². The van der Waals surface area contributed by atoms with Crippen LogP contribution in [0.15, 0.2) is 0 Å². The molecule has 0 aliphatic carbocycles. The molecular formula is C13H30N+. The van der Waals surface area contributed by atoms with Gasteiger partial charge in [0.05, 0.1) is 25.2 Å². The lowest BCUT2D eigenvalue weighted by Gasteiger charge is -2.48.